The molecule has 2 aromatic heterocycles. The minimum atomic E-state index is -4.72. The minimum absolute atomic E-state index is 0.0215. The number of aromatic hydroxyl groups is 1. The Morgan fingerprint density at radius 1 is 1.03 bits per heavy atom. The Morgan fingerprint density at radius 2 is 1.69 bits per heavy atom. The van der Waals surface area contributed by atoms with Crippen molar-refractivity contribution in [1.82, 2.24) is 19.3 Å². The van der Waals surface area contributed by atoms with Crippen molar-refractivity contribution in [2.75, 3.05) is 0 Å². The van der Waals surface area contributed by atoms with Crippen molar-refractivity contribution < 1.29 is 18.3 Å². The second-order valence-corrected chi connectivity index (χ2v) is 7.33. The highest BCUT2D eigenvalue weighted by Gasteiger charge is 2.38. The number of nitrogens with zero attached hydrogens (tertiary/aromatic N) is 7. The highest BCUT2D eigenvalue weighted by atomic mass is 19.4. The van der Waals surface area contributed by atoms with Gasteiger partial charge in [0.25, 0.3) is 11.5 Å². The van der Waals surface area contributed by atoms with Gasteiger partial charge in [0.15, 0.2) is 5.69 Å². The molecule has 12 heteroatoms. The number of rotatable bonds is 10. The van der Waals surface area contributed by atoms with Gasteiger partial charge < -0.3 is 5.11 Å². The summed E-state index contributed by atoms with van der Waals surface area (Å²) in [5.41, 5.74) is -0.986. The highest BCUT2D eigenvalue weighted by molar-refractivity contribution is 5.56. The van der Waals surface area contributed by atoms with Crippen LogP contribution >= 0.6 is 0 Å². The largest absolute Gasteiger partial charge is 0.493 e. The second-order valence-electron chi connectivity index (χ2n) is 7.33. The van der Waals surface area contributed by atoms with E-state index in [0.29, 0.717) is 19.3 Å². The van der Waals surface area contributed by atoms with E-state index in [1.165, 1.54) is 6.92 Å². The first kappa shape index (κ1) is 25.0. The molecule has 0 aromatic carbocycles. The van der Waals surface area contributed by atoms with Gasteiger partial charge in [-0.3, -0.25) is 13.9 Å². The van der Waals surface area contributed by atoms with Gasteiger partial charge in [0.05, 0.1) is 0 Å². The van der Waals surface area contributed by atoms with Gasteiger partial charge in [0.1, 0.15) is 11.6 Å². The van der Waals surface area contributed by atoms with Crippen LogP contribution in [0.4, 0.5) is 24.8 Å². The van der Waals surface area contributed by atoms with Gasteiger partial charge in [-0.2, -0.15) is 18.4 Å². The molecule has 174 valence electrons. The Bertz CT molecular complexity index is 1070. The van der Waals surface area contributed by atoms with Gasteiger partial charge >= 0.3 is 6.18 Å². The summed E-state index contributed by atoms with van der Waals surface area (Å²) in [7, 11) is 0. The quantitative estimate of drug-likeness (QED) is 0.394. The first-order chi connectivity index (χ1) is 15.2. The van der Waals surface area contributed by atoms with Crippen molar-refractivity contribution in [2.45, 2.75) is 78.6 Å². The highest BCUT2D eigenvalue weighted by Crippen LogP contribution is 2.31. The zero-order valence-electron chi connectivity index (χ0n) is 18.3. The molecule has 0 aliphatic rings. The van der Waals surface area contributed by atoms with E-state index >= 15 is 0 Å². The molecule has 0 amide bonds. The van der Waals surface area contributed by atoms with Crippen molar-refractivity contribution in [3.63, 3.8) is 0 Å². The fourth-order valence-corrected chi connectivity index (χ4v) is 3.16. The number of hydrogen-bond donors (Lipinski definition) is 1. The number of pyridine rings is 1. The summed E-state index contributed by atoms with van der Waals surface area (Å²) in [5, 5.41) is 34.0. The van der Waals surface area contributed by atoms with Crippen LogP contribution in [0.1, 0.15) is 69.3 Å². The van der Waals surface area contributed by atoms with Crippen molar-refractivity contribution in [1.29, 1.82) is 5.26 Å². The molecular weight excluding hydrogens is 427 g/mol. The number of azo groups is 1. The summed E-state index contributed by atoms with van der Waals surface area (Å²) in [6.45, 7) is 5.42. The van der Waals surface area contributed by atoms with E-state index in [4.69, 9.17) is 0 Å². The van der Waals surface area contributed by atoms with Crippen LogP contribution in [0.15, 0.2) is 15.0 Å². The molecule has 0 saturated carbocycles. The van der Waals surface area contributed by atoms with E-state index in [1.54, 1.807) is 0 Å². The Labute approximate surface area is 183 Å². The van der Waals surface area contributed by atoms with E-state index in [1.807, 2.05) is 19.9 Å². The number of hydrogen-bond acceptors (Lipinski definition) is 7. The maximum atomic E-state index is 13.2. The standard InChI is InChI=1S/C20H26F3N7O2/c1-4-6-8-9-11-29-16(31)14(12-24)13(3)15(17(29)32)25-27-19-28-26-18(20(21,22)23)30(19)10-7-5-2/h31H,4-11H2,1-3H3. The van der Waals surface area contributed by atoms with Crippen molar-refractivity contribution in [3.05, 3.63) is 27.3 Å². The number of alkyl halides is 3. The van der Waals surface area contributed by atoms with Gasteiger partial charge in [-0.25, -0.2) is 0 Å². The molecule has 0 saturated heterocycles. The van der Waals surface area contributed by atoms with Crippen LogP contribution < -0.4 is 5.56 Å². The molecule has 2 aromatic rings. The van der Waals surface area contributed by atoms with Crippen LogP contribution in [0.3, 0.4) is 0 Å². The van der Waals surface area contributed by atoms with E-state index in [9.17, 15) is 28.3 Å². The number of unbranched alkanes of at least 4 members (excludes halogenated alkanes) is 4. The third-order valence-electron chi connectivity index (χ3n) is 4.96. The van der Waals surface area contributed by atoms with Gasteiger partial charge in [-0.05, 0) is 19.8 Å². The maximum absolute atomic E-state index is 13.2. The summed E-state index contributed by atoms with van der Waals surface area (Å²) >= 11 is 0. The lowest BCUT2D eigenvalue weighted by atomic mass is 10.1. The fourth-order valence-electron chi connectivity index (χ4n) is 3.16. The molecule has 0 unspecified atom stereocenters. The van der Waals surface area contributed by atoms with Crippen LogP contribution in [-0.2, 0) is 19.3 Å². The minimum Gasteiger partial charge on any atom is -0.493 e. The molecule has 1 N–H and O–H groups in total. The topological polar surface area (TPSA) is 121 Å². The van der Waals surface area contributed by atoms with E-state index in [0.717, 1.165) is 28.4 Å². The molecule has 0 radical (unpaired) electrons. The van der Waals surface area contributed by atoms with Crippen LogP contribution in [-0.4, -0.2) is 24.4 Å². The molecule has 2 rings (SSSR count). The van der Waals surface area contributed by atoms with Crippen molar-refractivity contribution >= 4 is 11.6 Å². The maximum Gasteiger partial charge on any atom is 0.451 e. The summed E-state index contributed by atoms with van der Waals surface area (Å²) in [6.07, 6.45) is -0.281. The molecule has 0 aliphatic carbocycles. The molecule has 0 atom stereocenters. The first-order valence-corrected chi connectivity index (χ1v) is 10.5. The molecule has 0 bridgehead atoms. The van der Waals surface area contributed by atoms with Crippen LogP contribution in [0, 0.1) is 18.3 Å². The van der Waals surface area contributed by atoms with E-state index in [-0.39, 0.29) is 29.9 Å². The molecular formula is C20H26F3N7O2. The van der Waals surface area contributed by atoms with Gasteiger partial charge in [-0.15, -0.1) is 20.4 Å². The smallest absolute Gasteiger partial charge is 0.451 e. The number of nitriles is 1. The monoisotopic (exact) mass is 453 g/mol. The van der Waals surface area contributed by atoms with Gasteiger partial charge in [-0.1, -0.05) is 39.5 Å². The number of halogens is 3. The molecule has 0 aliphatic heterocycles. The second kappa shape index (κ2) is 10.9. The molecule has 32 heavy (non-hydrogen) atoms. The summed E-state index contributed by atoms with van der Waals surface area (Å²) in [6, 6.07) is 1.84. The zero-order chi connectivity index (χ0) is 23.9. The zero-order valence-corrected chi connectivity index (χ0v) is 18.3. The van der Waals surface area contributed by atoms with Crippen LogP contribution in [0.2, 0.25) is 0 Å². The summed E-state index contributed by atoms with van der Waals surface area (Å²) in [4.78, 5) is 12.9. The molecule has 2 heterocycles. The van der Waals surface area contributed by atoms with Crippen LogP contribution in [0.25, 0.3) is 0 Å². The fraction of sp³-hybridized carbons (Fsp3) is 0.600. The van der Waals surface area contributed by atoms with Gasteiger partial charge in [0.2, 0.25) is 11.7 Å². The predicted molar refractivity (Wildman–Crippen MR) is 110 cm³/mol. The van der Waals surface area contributed by atoms with Crippen molar-refractivity contribution in [2.24, 2.45) is 10.2 Å². The Kier molecular flexibility index (Phi) is 8.51. The summed E-state index contributed by atoms with van der Waals surface area (Å²) < 4.78 is 41.6. The normalized spacial score (nSPS) is 11.9. The SMILES string of the molecule is CCCCCCn1c(O)c(C#N)c(C)c(N=Nc2nnc(C(F)(F)F)n2CCCC)c1=O. The molecule has 0 spiro atoms. The molecule has 0 fully saturated rings. The Hall–Kier alpha value is -3.23. The summed E-state index contributed by atoms with van der Waals surface area (Å²) in [5.74, 6) is -2.06. The Morgan fingerprint density at radius 3 is 2.28 bits per heavy atom. The van der Waals surface area contributed by atoms with E-state index < -0.39 is 29.4 Å². The number of aromatic nitrogens is 4. The Balaban J connectivity index is 2.52. The lowest BCUT2D eigenvalue weighted by Gasteiger charge is -2.13. The predicted octanol–water partition coefficient (Wildman–Crippen LogP) is 5.14. The van der Waals surface area contributed by atoms with Crippen LogP contribution in [0.5, 0.6) is 5.88 Å². The van der Waals surface area contributed by atoms with E-state index in [2.05, 4.69) is 20.4 Å². The third-order valence-corrected chi connectivity index (χ3v) is 4.96. The average molecular weight is 453 g/mol. The lowest BCUT2D eigenvalue weighted by molar-refractivity contribution is -0.147. The average Bonchev–Trinajstić information content (AvgIpc) is 3.15. The first-order valence-electron chi connectivity index (χ1n) is 10.5. The van der Waals surface area contributed by atoms with Gasteiger partial charge in [0, 0.05) is 18.7 Å². The lowest BCUT2D eigenvalue weighted by Crippen LogP contribution is -2.22. The third kappa shape index (κ3) is 5.52. The molecule has 9 nitrogen and oxygen atoms in total. The van der Waals surface area contributed by atoms with Crippen molar-refractivity contribution in [3.8, 4) is 11.9 Å².